The van der Waals surface area contributed by atoms with E-state index in [4.69, 9.17) is 30.1 Å². The van der Waals surface area contributed by atoms with Gasteiger partial charge in [0.05, 0.1) is 0 Å². The average Bonchev–Trinajstić information content (AvgIpc) is 2.05. The van der Waals surface area contributed by atoms with E-state index >= 15 is 0 Å². The van der Waals surface area contributed by atoms with Crippen molar-refractivity contribution in [1.29, 1.82) is 0 Å². The zero-order valence-corrected chi connectivity index (χ0v) is 10.9. The molecule has 0 aromatic heterocycles. The molecule has 0 N–H and O–H groups in total. The van der Waals surface area contributed by atoms with Crippen LogP contribution in [0.3, 0.4) is 0 Å². The lowest BCUT2D eigenvalue weighted by molar-refractivity contribution is 1.26. The highest BCUT2D eigenvalue weighted by Crippen LogP contribution is 2.02. The topological polar surface area (TPSA) is 0 Å². The summed E-state index contributed by atoms with van der Waals surface area (Å²) in [6.07, 6.45) is 0.889. The zero-order valence-electron chi connectivity index (χ0n) is 7.43. The standard InChI is InChI=1S/C9H11.Al.3ClH/c1-3-9-6-4-8(2)5-7-9;;;;/h4-7H,1,3H2,2H3;;3*1H/q;+3;;;/p-3. The maximum absolute atomic E-state index is 4.94. The van der Waals surface area contributed by atoms with E-state index in [2.05, 4.69) is 38.1 Å². The van der Waals surface area contributed by atoms with Crippen LogP contribution in [0.5, 0.6) is 0 Å². The Bertz CT molecular complexity index is 218. The first-order valence-electron chi connectivity index (χ1n) is 3.83. The van der Waals surface area contributed by atoms with Crippen LogP contribution in [0.2, 0.25) is 0 Å². The van der Waals surface area contributed by atoms with Crippen molar-refractivity contribution < 1.29 is 0 Å². The molecule has 0 bridgehead atoms. The molecule has 0 aliphatic carbocycles. The summed E-state index contributed by atoms with van der Waals surface area (Å²) < 4.78 is 0. The molecule has 0 aliphatic rings. The molecule has 0 aliphatic heterocycles. The molecule has 0 unspecified atom stereocenters. The molecule has 1 rings (SSSR count). The van der Waals surface area contributed by atoms with Crippen LogP contribution in [-0.4, -0.2) is 11.4 Å². The smallest absolute Gasteiger partial charge is 0.214 e. The average molecular weight is 253 g/mol. The molecule has 0 nitrogen and oxygen atoms in total. The number of hydrogen-bond acceptors (Lipinski definition) is 0. The molecule has 0 fully saturated rings. The summed E-state index contributed by atoms with van der Waals surface area (Å²) in [4.78, 5) is 0. The first kappa shape index (κ1) is 13.6. The Kier molecular flexibility index (Phi) is 8.36. The van der Waals surface area contributed by atoms with Gasteiger partial charge in [0.2, 0.25) is 0 Å². The third kappa shape index (κ3) is 8.94. The Morgan fingerprint density at radius 3 is 1.85 bits per heavy atom. The highest BCUT2D eigenvalue weighted by Gasteiger charge is 2.00. The highest BCUT2D eigenvalue weighted by molar-refractivity contribution is 7.54. The number of aryl methyl sites for hydroxylation is 1. The van der Waals surface area contributed by atoms with Gasteiger partial charge >= 0.3 is 11.4 Å². The van der Waals surface area contributed by atoms with Crippen molar-refractivity contribution in [2.75, 3.05) is 0 Å². The Balaban J connectivity index is 0.000000310. The summed E-state index contributed by atoms with van der Waals surface area (Å²) in [5, 5.41) is 0. The fourth-order valence-electron chi connectivity index (χ4n) is 0.755. The van der Waals surface area contributed by atoms with Gasteiger partial charge in [0.25, 0.3) is 0 Å². The second-order valence-corrected chi connectivity index (χ2v) is 8.92. The van der Waals surface area contributed by atoms with Crippen molar-refractivity contribution in [3.05, 3.63) is 42.3 Å². The minimum absolute atomic E-state index is 0.889. The quantitative estimate of drug-likeness (QED) is 0.661. The Labute approximate surface area is 96.8 Å². The van der Waals surface area contributed by atoms with Gasteiger partial charge in [0.15, 0.2) is 0 Å². The van der Waals surface area contributed by atoms with Crippen molar-refractivity contribution in [2.45, 2.75) is 13.3 Å². The van der Waals surface area contributed by atoms with Crippen LogP contribution < -0.4 is 0 Å². The summed E-state index contributed by atoms with van der Waals surface area (Å²) in [7, 11) is 14.8. The van der Waals surface area contributed by atoms with Crippen molar-refractivity contribution in [2.24, 2.45) is 0 Å². The Morgan fingerprint density at radius 1 is 1.15 bits per heavy atom. The maximum Gasteiger partial charge on any atom is 0.643 e. The largest absolute Gasteiger partial charge is 0.643 e. The number of benzene rings is 1. The molecule has 0 saturated heterocycles. The fraction of sp³-hybridized carbons (Fsp3) is 0.222. The van der Waals surface area contributed by atoms with E-state index in [0.29, 0.717) is 0 Å². The van der Waals surface area contributed by atoms with Crippen LogP contribution in [0, 0.1) is 13.8 Å². The van der Waals surface area contributed by atoms with Gasteiger partial charge in [0, 0.05) is 0 Å². The van der Waals surface area contributed by atoms with E-state index in [0.717, 1.165) is 6.42 Å². The van der Waals surface area contributed by atoms with Crippen LogP contribution >= 0.6 is 30.1 Å². The normalized spacial score (nSPS) is 8.69. The molecule has 1 radical (unpaired) electrons. The van der Waals surface area contributed by atoms with Crippen LogP contribution in [-0.2, 0) is 6.42 Å². The summed E-state index contributed by atoms with van der Waals surface area (Å²) in [5.41, 5.74) is 2.62. The molecule has 1 aromatic rings. The SMILES string of the molecule is [CH2]Cc1ccc(C)cc1.[Cl][Al]([Cl])[Cl]. The lowest BCUT2D eigenvalue weighted by Crippen LogP contribution is -1.78. The molecule has 0 heterocycles. The fourth-order valence-corrected chi connectivity index (χ4v) is 0.755. The second-order valence-electron chi connectivity index (χ2n) is 2.48. The summed E-state index contributed by atoms with van der Waals surface area (Å²) in [5.74, 6) is 0. The first-order chi connectivity index (χ1) is 6.06. The van der Waals surface area contributed by atoms with E-state index in [1.165, 1.54) is 11.1 Å². The zero-order chi connectivity index (χ0) is 10.3. The van der Waals surface area contributed by atoms with Crippen molar-refractivity contribution >= 4 is 41.5 Å². The first-order valence-corrected chi connectivity index (χ1v) is 9.07. The van der Waals surface area contributed by atoms with Crippen molar-refractivity contribution in [3.8, 4) is 0 Å². The molecular weight excluding hydrogens is 241 g/mol. The molecule has 0 saturated carbocycles. The van der Waals surface area contributed by atoms with Crippen LogP contribution in [0.15, 0.2) is 24.3 Å². The predicted octanol–water partition coefficient (Wildman–Crippen LogP) is 4.06. The van der Waals surface area contributed by atoms with E-state index < -0.39 is 11.4 Å². The van der Waals surface area contributed by atoms with E-state index in [9.17, 15) is 0 Å². The second kappa shape index (κ2) is 7.97. The lowest BCUT2D eigenvalue weighted by Gasteiger charge is -1.94. The van der Waals surface area contributed by atoms with Gasteiger partial charge in [-0.2, -0.15) is 0 Å². The van der Waals surface area contributed by atoms with Gasteiger partial charge in [-0.05, 0) is 25.8 Å². The molecule has 1 aromatic carbocycles. The van der Waals surface area contributed by atoms with Gasteiger partial charge in [-0.1, -0.05) is 29.8 Å². The minimum atomic E-state index is -1.72. The third-order valence-corrected chi connectivity index (χ3v) is 1.41. The Morgan fingerprint density at radius 2 is 1.54 bits per heavy atom. The van der Waals surface area contributed by atoms with E-state index in [-0.39, 0.29) is 0 Å². The maximum atomic E-state index is 4.94. The van der Waals surface area contributed by atoms with Crippen molar-refractivity contribution in [1.82, 2.24) is 0 Å². The molecular formula is C9H11AlCl3. The van der Waals surface area contributed by atoms with Gasteiger partial charge in [-0.3, -0.25) is 0 Å². The predicted molar refractivity (Wildman–Crippen MR) is 63.6 cm³/mol. The Hall–Kier alpha value is 0.622. The molecule has 0 atom stereocenters. The lowest BCUT2D eigenvalue weighted by atomic mass is 10.1. The van der Waals surface area contributed by atoms with Gasteiger partial charge in [-0.15, -0.1) is 0 Å². The summed E-state index contributed by atoms with van der Waals surface area (Å²) in [6.45, 7) is 5.88. The molecule has 13 heavy (non-hydrogen) atoms. The van der Waals surface area contributed by atoms with Crippen LogP contribution in [0.1, 0.15) is 11.1 Å². The third-order valence-electron chi connectivity index (χ3n) is 1.41. The number of hydrogen-bond donors (Lipinski definition) is 0. The summed E-state index contributed by atoms with van der Waals surface area (Å²) >= 11 is -1.72. The molecule has 0 amide bonds. The summed E-state index contributed by atoms with van der Waals surface area (Å²) in [6, 6.07) is 8.45. The van der Waals surface area contributed by atoms with Crippen molar-refractivity contribution in [3.63, 3.8) is 0 Å². The molecule has 0 spiro atoms. The van der Waals surface area contributed by atoms with Gasteiger partial charge in [0.1, 0.15) is 0 Å². The molecule has 4 heteroatoms. The van der Waals surface area contributed by atoms with Gasteiger partial charge < -0.3 is 0 Å². The van der Waals surface area contributed by atoms with Gasteiger partial charge in [-0.25, -0.2) is 30.1 Å². The monoisotopic (exact) mass is 251 g/mol. The van der Waals surface area contributed by atoms with E-state index in [1.807, 2.05) is 0 Å². The van der Waals surface area contributed by atoms with Crippen LogP contribution in [0.25, 0.3) is 0 Å². The highest BCUT2D eigenvalue weighted by atomic mass is 35.8. The number of halogens is 3. The molecule has 71 valence electrons. The number of rotatable bonds is 1. The minimum Gasteiger partial charge on any atom is -0.214 e. The van der Waals surface area contributed by atoms with E-state index in [1.54, 1.807) is 0 Å². The van der Waals surface area contributed by atoms with Crippen LogP contribution in [0.4, 0.5) is 0 Å².